The number of rotatable bonds is 1. The minimum atomic E-state index is -0.519. The molecule has 0 radical (unpaired) electrons. The molecular formula is C8H10ClN3O3. The first-order chi connectivity index (χ1) is 7.18. The Hall–Kier alpha value is -1.27. The monoisotopic (exact) mass is 231 g/mol. The Morgan fingerprint density at radius 3 is 2.60 bits per heavy atom. The van der Waals surface area contributed by atoms with Crippen LogP contribution in [-0.4, -0.2) is 36.0 Å². The second kappa shape index (κ2) is 4.08. The van der Waals surface area contributed by atoms with Gasteiger partial charge in [-0.25, -0.2) is 4.79 Å². The van der Waals surface area contributed by atoms with Crippen molar-refractivity contribution in [3.8, 4) is 0 Å². The van der Waals surface area contributed by atoms with Gasteiger partial charge in [-0.2, -0.15) is 4.68 Å². The molecule has 0 bridgehead atoms. The number of aromatic amines is 1. The SMILES string of the molecule is O=c1cc(Cl)[nH]c(=O)n1N1CCOCC1. The van der Waals surface area contributed by atoms with Crippen LogP contribution < -0.4 is 16.3 Å². The highest BCUT2D eigenvalue weighted by atomic mass is 35.5. The molecule has 2 rings (SSSR count). The number of morpholine rings is 1. The zero-order valence-electron chi connectivity index (χ0n) is 7.90. The van der Waals surface area contributed by atoms with E-state index in [0.29, 0.717) is 26.3 Å². The molecule has 0 spiro atoms. The van der Waals surface area contributed by atoms with E-state index in [-0.39, 0.29) is 5.15 Å². The quantitative estimate of drug-likeness (QED) is 0.640. The first-order valence-corrected chi connectivity index (χ1v) is 4.91. The zero-order valence-corrected chi connectivity index (χ0v) is 8.66. The number of H-pyrrole nitrogens is 1. The summed E-state index contributed by atoms with van der Waals surface area (Å²) in [5.41, 5.74) is -0.944. The minimum absolute atomic E-state index is 0.0505. The summed E-state index contributed by atoms with van der Waals surface area (Å²) in [6.45, 7) is 2.05. The highest BCUT2D eigenvalue weighted by Crippen LogP contribution is 1.96. The largest absolute Gasteiger partial charge is 0.378 e. The second-order valence-electron chi connectivity index (χ2n) is 3.14. The average Bonchev–Trinajstić information content (AvgIpc) is 2.17. The molecule has 15 heavy (non-hydrogen) atoms. The third-order valence-electron chi connectivity index (χ3n) is 2.15. The van der Waals surface area contributed by atoms with Gasteiger partial charge in [-0.05, 0) is 0 Å². The Morgan fingerprint density at radius 1 is 1.33 bits per heavy atom. The number of nitrogens with zero attached hydrogens (tertiary/aromatic N) is 2. The van der Waals surface area contributed by atoms with E-state index in [4.69, 9.17) is 16.3 Å². The molecule has 1 aliphatic heterocycles. The normalized spacial score (nSPS) is 16.7. The van der Waals surface area contributed by atoms with Crippen LogP contribution in [0.4, 0.5) is 0 Å². The van der Waals surface area contributed by atoms with Gasteiger partial charge in [-0.3, -0.25) is 9.78 Å². The van der Waals surface area contributed by atoms with Crippen molar-refractivity contribution in [1.29, 1.82) is 0 Å². The van der Waals surface area contributed by atoms with E-state index >= 15 is 0 Å². The van der Waals surface area contributed by atoms with Crippen LogP contribution in [0, 0.1) is 0 Å². The number of nitrogens with one attached hydrogen (secondary N) is 1. The molecule has 1 aromatic rings. The summed E-state index contributed by atoms with van der Waals surface area (Å²) in [6, 6.07) is 1.18. The maximum Gasteiger partial charge on any atom is 0.348 e. The van der Waals surface area contributed by atoms with Gasteiger partial charge >= 0.3 is 5.69 Å². The van der Waals surface area contributed by atoms with E-state index in [2.05, 4.69) is 4.98 Å². The molecule has 1 N–H and O–H groups in total. The van der Waals surface area contributed by atoms with Gasteiger partial charge in [-0.1, -0.05) is 11.6 Å². The highest BCUT2D eigenvalue weighted by Gasteiger charge is 2.14. The number of aromatic nitrogens is 2. The third-order valence-corrected chi connectivity index (χ3v) is 2.35. The molecule has 1 aliphatic rings. The lowest BCUT2D eigenvalue weighted by Gasteiger charge is -2.28. The lowest BCUT2D eigenvalue weighted by Crippen LogP contribution is -2.54. The maximum absolute atomic E-state index is 11.5. The molecule has 6 nitrogen and oxygen atoms in total. The Kier molecular flexibility index (Phi) is 2.79. The fraction of sp³-hybridized carbons (Fsp3) is 0.500. The van der Waals surface area contributed by atoms with Crippen molar-refractivity contribution in [2.45, 2.75) is 0 Å². The third kappa shape index (κ3) is 2.05. The Bertz CT molecular complexity index is 430. The zero-order chi connectivity index (χ0) is 10.8. The lowest BCUT2D eigenvalue weighted by molar-refractivity contribution is 0.110. The van der Waals surface area contributed by atoms with Gasteiger partial charge in [0.1, 0.15) is 5.15 Å². The minimum Gasteiger partial charge on any atom is -0.378 e. The van der Waals surface area contributed by atoms with Crippen molar-refractivity contribution >= 4 is 11.6 Å². The number of hydrogen-bond donors (Lipinski definition) is 1. The summed E-state index contributed by atoms with van der Waals surface area (Å²) in [7, 11) is 0. The van der Waals surface area contributed by atoms with Crippen LogP contribution in [0.25, 0.3) is 0 Å². The average molecular weight is 232 g/mol. The summed E-state index contributed by atoms with van der Waals surface area (Å²) in [5, 5.41) is 1.69. The molecule has 0 saturated carbocycles. The molecule has 2 heterocycles. The number of halogens is 1. The molecule has 0 atom stereocenters. The number of hydrogen-bond acceptors (Lipinski definition) is 4. The van der Waals surface area contributed by atoms with E-state index in [1.54, 1.807) is 5.01 Å². The van der Waals surface area contributed by atoms with E-state index in [1.807, 2.05) is 0 Å². The molecule has 82 valence electrons. The van der Waals surface area contributed by atoms with Crippen LogP contribution >= 0.6 is 11.6 Å². The standard InChI is InChI=1S/C8H10ClN3O3/c9-6-5-7(13)12(8(14)10-6)11-1-3-15-4-2-11/h5H,1-4H2,(H,10,14). The van der Waals surface area contributed by atoms with Gasteiger partial charge in [0.2, 0.25) is 0 Å². The molecular weight excluding hydrogens is 222 g/mol. The second-order valence-corrected chi connectivity index (χ2v) is 3.55. The van der Waals surface area contributed by atoms with E-state index in [0.717, 1.165) is 4.68 Å². The van der Waals surface area contributed by atoms with Crippen molar-refractivity contribution in [1.82, 2.24) is 9.66 Å². The van der Waals surface area contributed by atoms with Gasteiger partial charge in [0.05, 0.1) is 26.3 Å². The molecule has 1 aromatic heterocycles. The van der Waals surface area contributed by atoms with Crippen LogP contribution in [-0.2, 0) is 4.74 Å². The van der Waals surface area contributed by atoms with E-state index < -0.39 is 11.2 Å². The molecule has 0 amide bonds. The van der Waals surface area contributed by atoms with Gasteiger partial charge in [0.25, 0.3) is 5.56 Å². The van der Waals surface area contributed by atoms with Gasteiger partial charge in [0.15, 0.2) is 0 Å². The van der Waals surface area contributed by atoms with Crippen LogP contribution in [0.1, 0.15) is 0 Å². The molecule has 7 heteroatoms. The van der Waals surface area contributed by atoms with E-state index in [9.17, 15) is 9.59 Å². The Balaban J connectivity index is 2.43. The van der Waals surface area contributed by atoms with Gasteiger partial charge < -0.3 is 9.75 Å². The van der Waals surface area contributed by atoms with Gasteiger partial charge in [-0.15, -0.1) is 0 Å². The fourth-order valence-corrected chi connectivity index (χ4v) is 1.66. The van der Waals surface area contributed by atoms with E-state index in [1.165, 1.54) is 6.07 Å². The summed E-state index contributed by atoms with van der Waals surface area (Å²) in [4.78, 5) is 25.4. The highest BCUT2D eigenvalue weighted by molar-refractivity contribution is 6.29. The fourth-order valence-electron chi connectivity index (χ4n) is 1.48. The van der Waals surface area contributed by atoms with Crippen molar-refractivity contribution in [2.75, 3.05) is 31.3 Å². The molecule has 1 fully saturated rings. The lowest BCUT2D eigenvalue weighted by atomic mass is 10.5. The first-order valence-electron chi connectivity index (χ1n) is 4.53. The van der Waals surface area contributed by atoms with Gasteiger partial charge in [0, 0.05) is 6.07 Å². The summed E-state index contributed by atoms with van der Waals surface area (Å²) in [5.74, 6) is 0. The Labute approximate surface area is 90.0 Å². The van der Waals surface area contributed by atoms with Crippen LogP contribution in [0.15, 0.2) is 15.7 Å². The Morgan fingerprint density at radius 2 is 2.00 bits per heavy atom. The molecule has 1 saturated heterocycles. The summed E-state index contributed by atoms with van der Waals surface area (Å²) in [6.07, 6.45) is 0. The number of ether oxygens (including phenoxy) is 1. The first kappa shape index (κ1) is 10.3. The van der Waals surface area contributed by atoms with Crippen molar-refractivity contribution in [3.63, 3.8) is 0 Å². The summed E-state index contributed by atoms with van der Waals surface area (Å²) >= 11 is 5.55. The smallest absolute Gasteiger partial charge is 0.348 e. The van der Waals surface area contributed by atoms with Crippen LogP contribution in [0.5, 0.6) is 0 Å². The topological polar surface area (TPSA) is 67.3 Å². The predicted octanol–water partition coefficient (Wildman–Crippen LogP) is -0.842. The van der Waals surface area contributed by atoms with Crippen LogP contribution in [0.3, 0.4) is 0 Å². The van der Waals surface area contributed by atoms with Crippen molar-refractivity contribution < 1.29 is 4.74 Å². The molecule has 0 unspecified atom stereocenters. The van der Waals surface area contributed by atoms with Crippen molar-refractivity contribution in [3.05, 3.63) is 32.1 Å². The van der Waals surface area contributed by atoms with Crippen molar-refractivity contribution in [2.24, 2.45) is 0 Å². The van der Waals surface area contributed by atoms with Crippen LogP contribution in [0.2, 0.25) is 5.15 Å². The maximum atomic E-state index is 11.5. The predicted molar refractivity (Wildman–Crippen MR) is 55.1 cm³/mol. The summed E-state index contributed by atoms with van der Waals surface area (Å²) < 4.78 is 6.18. The molecule has 0 aromatic carbocycles. The molecule has 0 aliphatic carbocycles.